The number of aromatic nitrogens is 1. The molecule has 9 heteroatoms. The van der Waals surface area contributed by atoms with E-state index in [1.807, 2.05) is 36.4 Å². The van der Waals surface area contributed by atoms with Crippen molar-refractivity contribution in [3.05, 3.63) is 81.0 Å². The molecule has 4 heterocycles. The highest BCUT2D eigenvalue weighted by Crippen LogP contribution is 2.41. The Kier molecular flexibility index (Phi) is 4.96. The number of rotatable bonds is 5. The van der Waals surface area contributed by atoms with Crippen molar-refractivity contribution in [2.24, 2.45) is 0 Å². The second-order valence-corrected chi connectivity index (χ2v) is 8.27. The lowest BCUT2D eigenvalue weighted by Gasteiger charge is -2.49. The number of pyridine rings is 1. The third kappa shape index (κ3) is 3.36. The van der Waals surface area contributed by atoms with Crippen LogP contribution >= 0.6 is 11.6 Å². The summed E-state index contributed by atoms with van der Waals surface area (Å²) in [5, 5.41) is 14.8. The number of piperidine rings is 1. The van der Waals surface area contributed by atoms with Gasteiger partial charge in [-0.15, -0.1) is 0 Å². The van der Waals surface area contributed by atoms with Gasteiger partial charge in [-0.1, -0.05) is 35.9 Å². The van der Waals surface area contributed by atoms with Crippen LogP contribution in [0.3, 0.4) is 0 Å². The predicted molar refractivity (Wildman–Crippen MR) is 114 cm³/mol. The van der Waals surface area contributed by atoms with Crippen LogP contribution in [0.2, 0.25) is 5.15 Å². The molecule has 0 aliphatic carbocycles. The molecule has 0 amide bonds. The zero-order valence-corrected chi connectivity index (χ0v) is 17.2. The van der Waals surface area contributed by atoms with Crippen molar-refractivity contribution in [3.8, 4) is 0 Å². The first-order valence-electron chi connectivity index (χ1n) is 10.2. The van der Waals surface area contributed by atoms with Crippen LogP contribution in [0.15, 0.2) is 60.2 Å². The Morgan fingerprint density at radius 3 is 2.73 bits per heavy atom. The van der Waals surface area contributed by atoms with Crippen LogP contribution in [-0.4, -0.2) is 50.0 Å². The number of benzene rings is 1. The molecule has 1 N–H and O–H groups in total. The van der Waals surface area contributed by atoms with Crippen molar-refractivity contribution in [1.82, 2.24) is 19.8 Å². The number of fused-ring (bicyclic) bond motifs is 4. The van der Waals surface area contributed by atoms with Gasteiger partial charge in [0.15, 0.2) is 5.82 Å². The van der Waals surface area contributed by atoms with Crippen LogP contribution < -0.4 is 5.43 Å². The summed E-state index contributed by atoms with van der Waals surface area (Å²) >= 11 is 5.91. The number of hydrazine groups is 1. The van der Waals surface area contributed by atoms with Gasteiger partial charge in [-0.25, -0.2) is 4.98 Å². The van der Waals surface area contributed by atoms with Crippen molar-refractivity contribution in [2.45, 2.75) is 38.0 Å². The molecule has 0 radical (unpaired) electrons. The van der Waals surface area contributed by atoms with E-state index in [0.717, 1.165) is 49.4 Å². The van der Waals surface area contributed by atoms with Gasteiger partial charge in [0.1, 0.15) is 17.4 Å². The van der Waals surface area contributed by atoms with E-state index in [9.17, 15) is 10.1 Å². The second-order valence-electron chi connectivity index (χ2n) is 7.88. The molecule has 3 aliphatic heterocycles. The van der Waals surface area contributed by atoms with Gasteiger partial charge >= 0.3 is 5.70 Å². The van der Waals surface area contributed by atoms with Gasteiger partial charge in [-0.05, 0) is 43.0 Å². The number of hydrogen-bond donors (Lipinski definition) is 1. The normalized spacial score (nSPS) is 23.5. The fourth-order valence-electron chi connectivity index (χ4n) is 4.82. The molecule has 5 rings (SSSR count). The van der Waals surface area contributed by atoms with Gasteiger partial charge in [-0.2, -0.15) is 5.01 Å². The molecule has 0 spiro atoms. The minimum atomic E-state index is -0.269. The molecular weight excluding hydrogens is 404 g/mol. The van der Waals surface area contributed by atoms with E-state index in [0.29, 0.717) is 11.7 Å². The van der Waals surface area contributed by atoms with E-state index < -0.39 is 0 Å². The minimum absolute atomic E-state index is 0.0935. The molecule has 1 aromatic carbocycles. The summed E-state index contributed by atoms with van der Waals surface area (Å²) in [4.78, 5) is 20.5. The van der Waals surface area contributed by atoms with Crippen LogP contribution in [0.5, 0.6) is 0 Å². The van der Waals surface area contributed by atoms with Crippen molar-refractivity contribution in [2.75, 3.05) is 18.5 Å². The summed E-state index contributed by atoms with van der Waals surface area (Å²) in [6.45, 7) is 2.09. The molecule has 156 valence electrons. The first-order valence-corrected chi connectivity index (χ1v) is 10.6. The van der Waals surface area contributed by atoms with Gasteiger partial charge in [0.2, 0.25) is 0 Å². The maximum absolute atomic E-state index is 12.2. The van der Waals surface area contributed by atoms with E-state index in [1.165, 1.54) is 0 Å². The smallest absolute Gasteiger partial charge is 0.305 e. The van der Waals surface area contributed by atoms with Crippen LogP contribution in [0.1, 0.15) is 24.8 Å². The van der Waals surface area contributed by atoms with Crippen LogP contribution in [0.4, 0.5) is 5.69 Å². The fourth-order valence-corrected chi connectivity index (χ4v) is 4.93. The maximum Gasteiger partial charge on any atom is 0.305 e. The Balaban J connectivity index is 1.50. The second kappa shape index (κ2) is 7.77. The van der Waals surface area contributed by atoms with Gasteiger partial charge in [0.25, 0.3) is 0 Å². The van der Waals surface area contributed by atoms with E-state index in [4.69, 9.17) is 11.6 Å². The number of nitrogens with zero attached hydrogens (tertiary/aromatic N) is 5. The Morgan fingerprint density at radius 2 is 2.00 bits per heavy atom. The Labute approximate surface area is 179 Å². The standard InChI is InChI=1S/C21H23ClN6O2/c22-18-10-9-15(13-23-18)14-25-11-12-26-19-8-4-7-17(20(21(25)26)28(29)30)27(19)24-16-5-2-1-3-6-16/h1-3,5-6,9-10,13,17,19,24H,4,7-8,11-12,14H2. The van der Waals surface area contributed by atoms with E-state index >= 15 is 0 Å². The molecule has 2 unspecified atom stereocenters. The molecule has 0 saturated carbocycles. The molecule has 3 aliphatic rings. The third-order valence-corrected chi connectivity index (χ3v) is 6.30. The van der Waals surface area contributed by atoms with Crippen LogP contribution in [-0.2, 0) is 6.54 Å². The lowest BCUT2D eigenvalue weighted by Crippen LogP contribution is -2.61. The monoisotopic (exact) mass is 426 g/mol. The van der Waals surface area contributed by atoms with Crippen molar-refractivity contribution in [3.63, 3.8) is 0 Å². The number of nitro groups is 1. The number of para-hydroxylation sites is 1. The number of hydrogen-bond acceptors (Lipinski definition) is 7. The van der Waals surface area contributed by atoms with Crippen LogP contribution in [0.25, 0.3) is 0 Å². The first-order chi connectivity index (χ1) is 14.6. The zero-order valence-electron chi connectivity index (χ0n) is 16.4. The Bertz CT molecular complexity index is 967. The molecule has 30 heavy (non-hydrogen) atoms. The molecule has 2 atom stereocenters. The highest BCUT2D eigenvalue weighted by atomic mass is 35.5. The molecular formula is C21H23ClN6O2. The van der Waals surface area contributed by atoms with E-state index in [1.54, 1.807) is 12.3 Å². The largest absolute Gasteiger partial charge is 0.347 e. The first kappa shape index (κ1) is 19.1. The summed E-state index contributed by atoms with van der Waals surface area (Å²) in [5.74, 6) is 0.760. The Morgan fingerprint density at radius 1 is 1.17 bits per heavy atom. The molecule has 2 fully saturated rings. The average Bonchev–Trinajstić information content (AvgIpc) is 3.13. The van der Waals surface area contributed by atoms with Gasteiger partial charge < -0.3 is 15.2 Å². The molecule has 1 aromatic heterocycles. The fraction of sp³-hybridized carbons (Fsp3) is 0.381. The van der Waals surface area contributed by atoms with E-state index in [-0.39, 0.29) is 22.8 Å². The lowest BCUT2D eigenvalue weighted by molar-refractivity contribution is -0.440. The maximum atomic E-state index is 12.2. The third-order valence-electron chi connectivity index (χ3n) is 6.07. The number of halogens is 1. The summed E-state index contributed by atoms with van der Waals surface area (Å²) < 4.78 is 0. The molecule has 2 saturated heterocycles. The topological polar surface area (TPSA) is 77.8 Å². The highest BCUT2D eigenvalue weighted by Gasteiger charge is 2.52. The number of nitrogens with one attached hydrogen (secondary N) is 1. The minimum Gasteiger partial charge on any atom is -0.347 e. The van der Waals surface area contributed by atoms with Gasteiger partial charge in [-0.3, -0.25) is 10.1 Å². The summed E-state index contributed by atoms with van der Waals surface area (Å²) in [7, 11) is 0. The molecule has 8 nitrogen and oxygen atoms in total. The van der Waals surface area contributed by atoms with Crippen molar-refractivity contribution >= 4 is 17.3 Å². The predicted octanol–water partition coefficient (Wildman–Crippen LogP) is 3.52. The van der Waals surface area contributed by atoms with Gasteiger partial charge in [0, 0.05) is 31.5 Å². The summed E-state index contributed by atoms with van der Waals surface area (Å²) in [6.07, 6.45) is 4.55. The Hall–Kier alpha value is -2.84. The lowest BCUT2D eigenvalue weighted by atomic mass is 9.94. The van der Waals surface area contributed by atoms with Crippen molar-refractivity contribution in [1.29, 1.82) is 0 Å². The highest BCUT2D eigenvalue weighted by molar-refractivity contribution is 6.29. The number of anilines is 1. The zero-order chi connectivity index (χ0) is 20.7. The van der Waals surface area contributed by atoms with Crippen LogP contribution in [0, 0.1) is 10.1 Å². The SMILES string of the molecule is O=[N+]([O-])C1=C2N(Cc3ccc(Cl)nc3)CCN2C2CCCC1N2Nc1ccccc1. The summed E-state index contributed by atoms with van der Waals surface area (Å²) in [6, 6.07) is 13.3. The van der Waals surface area contributed by atoms with E-state index in [2.05, 4.69) is 25.2 Å². The molecule has 2 aromatic rings. The molecule has 2 bridgehead atoms. The summed E-state index contributed by atoms with van der Waals surface area (Å²) in [5.41, 5.74) is 5.69. The van der Waals surface area contributed by atoms with Crippen molar-refractivity contribution < 1.29 is 4.92 Å². The van der Waals surface area contributed by atoms with Gasteiger partial charge in [0.05, 0.1) is 4.92 Å². The quantitative estimate of drug-likeness (QED) is 0.445. The average molecular weight is 427 g/mol.